The largest absolute Gasteiger partial charge is 0.310 e. The molecule has 0 saturated carbocycles. The summed E-state index contributed by atoms with van der Waals surface area (Å²) in [5.74, 6) is 0. The van der Waals surface area contributed by atoms with Crippen molar-refractivity contribution in [1.29, 1.82) is 0 Å². The number of hydrogen-bond acceptors (Lipinski definition) is 2. The third kappa shape index (κ3) is 4.94. The first-order valence-electron chi connectivity index (χ1n) is 24.3. The van der Waals surface area contributed by atoms with Crippen molar-refractivity contribution in [2.24, 2.45) is 0 Å². The minimum absolute atomic E-state index is 0.0252. The minimum atomic E-state index is -0.786. The number of fused-ring (bicyclic) bond motifs is 7. The molecule has 0 fully saturated rings. The van der Waals surface area contributed by atoms with Crippen molar-refractivity contribution in [3.63, 3.8) is 0 Å². The lowest BCUT2D eigenvalue weighted by Crippen LogP contribution is -2.18. The van der Waals surface area contributed by atoms with E-state index in [0.29, 0.717) is 22.7 Å². The molecule has 0 atom stereocenters. The Bertz CT molecular complexity index is 3600. The fourth-order valence-electron chi connectivity index (χ4n) is 7.76. The number of hydrogen-bond donors (Lipinski definition) is 0. The first-order chi connectivity index (χ1) is 31.9. The summed E-state index contributed by atoms with van der Waals surface area (Å²) in [4.78, 5) is 3.46. The molecule has 252 valence electrons. The summed E-state index contributed by atoms with van der Waals surface area (Å²) in [5.41, 5.74) is 4.98. The highest BCUT2D eigenvalue weighted by Gasteiger charge is 2.38. The van der Waals surface area contributed by atoms with Crippen LogP contribution in [0.3, 0.4) is 0 Å². The molecule has 1 aliphatic rings. The molecule has 0 aromatic heterocycles. The van der Waals surface area contributed by atoms with Gasteiger partial charge in [0.25, 0.3) is 0 Å². The van der Waals surface area contributed by atoms with Gasteiger partial charge in [0.05, 0.1) is 36.3 Å². The van der Waals surface area contributed by atoms with E-state index in [0.717, 1.165) is 33.0 Å². The Balaban J connectivity index is 1.26. The van der Waals surface area contributed by atoms with Crippen LogP contribution in [0.5, 0.6) is 0 Å². The molecule has 0 amide bonds. The van der Waals surface area contributed by atoms with Crippen molar-refractivity contribution in [2.45, 2.75) is 19.3 Å². The molecule has 9 aromatic rings. The van der Waals surface area contributed by atoms with Crippen LogP contribution in [0.25, 0.3) is 43.4 Å². The van der Waals surface area contributed by atoms with Gasteiger partial charge < -0.3 is 9.80 Å². The minimum Gasteiger partial charge on any atom is -0.310 e. The highest BCUT2D eigenvalue weighted by atomic mass is 15.2. The lowest BCUT2D eigenvalue weighted by atomic mass is 9.81. The molecule has 2 heteroatoms. The van der Waals surface area contributed by atoms with Gasteiger partial charge in [-0.25, -0.2) is 0 Å². The fourth-order valence-corrected chi connectivity index (χ4v) is 7.76. The Morgan fingerprint density at radius 2 is 0.943 bits per heavy atom. The van der Waals surface area contributed by atoms with Gasteiger partial charge in [-0.2, -0.15) is 0 Å². The molecule has 0 unspecified atom stereocenters. The molecular formula is C51H38N2. The Morgan fingerprint density at radius 1 is 0.415 bits per heavy atom. The molecule has 0 saturated heterocycles. The fraction of sp³-hybridized carbons (Fsp3) is 0.0588. The standard InChI is InChI=1S/C51H38N2/c1-51(2)45-33-39(52(37-21-5-3-6-22-37)47-29-15-19-35-17-9-11-25-40(35)47)31-32-44(45)50-43-28-14-13-27-42(43)49(34-46(50)51)53(38-23-7-4-8-24-38)48-30-16-20-36-18-10-12-26-41(36)48/h3-34H,1-2H3/i9D,10D,11D,12D,15D,16D,17D,18D,19D,20D,25D,26D,29D,30D. The number of benzene rings is 9. The second kappa shape index (κ2) is 12.3. The summed E-state index contributed by atoms with van der Waals surface area (Å²) in [6.45, 7) is 4.13. The van der Waals surface area contributed by atoms with Gasteiger partial charge >= 0.3 is 0 Å². The first-order valence-corrected chi connectivity index (χ1v) is 17.3. The van der Waals surface area contributed by atoms with E-state index in [4.69, 9.17) is 16.4 Å². The maximum absolute atomic E-state index is 9.44. The highest BCUT2D eigenvalue weighted by Crippen LogP contribution is 2.56. The first kappa shape index (κ1) is 19.8. The molecule has 0 bridgehead atoms. The van der Waals surface area contributed by atoms with Gasteiger partial charge in [0.1, 0.15) is 0 Å². The van der Waals surface area contributed by atoms with E-state index >= 15 is 0 Å². The topological polar surface area (TPSA) is 6.48 Å². The van der Waals surface area contributed by atoms with Crippen LogP contribution < -0.4 is 9.80 Å². The molecule has 53 heavy (non-hydrogen) atoms. The Kier molecular flexibility index (Phi) is 4.58. The summed E-state index contributed by atoms with van der Waals surface area (Å²) >= 11 is 0. The van der Waals surface area contributed by atoms with Crippen LogP contribution in [0, 0.1) is 0 Å². The van der Waals surface area contributed by atoms with Crippen molar-refractivity contribution in [1.82, 2.24) is 0 Å². The lowest BCUT2D eigenvalue weighted by molar-refractivity contribution is 0.661. The molecule has 0 aliphatic heterocycles. The Labute approximate surface area is 330 Å². The molecule has 0 heterocycles. The van der Waals surface area contributed by atoms with E-state index in [-0.39, 0.29) is 45.0 Å². The smallest absolute Gasteiger partial charge is 0.0645 e. The second-order valence-electron chi connectivity index (χ2n) is 13.5. The SMILES string of the molecule is [2H]c1c([2H])c([2H])c2c(N(c3ccccc3)c3ccc4c(c3)C(C)(C)c3cc(N(c5ccccc5)c5c([2H])c([2H])c([2H])c6c([2H])c([2H])c([2H])c([2H])c56)c5ccccc5c3-4)c([2H])c([2H])c([2H])c2c1[2H]. The maximum atomic E-state index is 9.44. The molecule has 9 aromatic carbocycles. The molecule has 2 nitrogen and oxygen atoms in total. The van der Waals surface area contributed by atoms with Crippen LogP contribution >= 0.6 is 0 Å². The van der Waals surface area contributed by atoms with E-state index in [1.165, 1.54) is 0 Å². The number of rotatable bonds is 6. The van der Waals surface area contributed by atoms with Crippen LogP contribution in [-0.4, -0.2) is 0 Å². The van der Waals surface area contributed by atoms with E-state index < -0.39 is 77.9 Å². The average molecular weight is 693 g/mol. The lowest BCUT2D eigenvalue weighted by Gasteiger charge is -2.31. The molecular weight excluding hydrogens is 641 g/mol. The van der Waals surface area contributed by atoms with Crippen LogP contribution in [-0.2, 0) is 5.41 Å². The predicted octanol–water partition coefficient (Wildman–Crippen LogP) is 14.4. The zero-order valence-electron chi connectivity index (χ0n) is 42.8. The zero-order valence-corrected chi connectivity index (χ0v) is 28.8. The number of anilines is 6. The van der Waals surface area contributed by atoms with Crippen molar-refractivity contribution < 1.29 is 19.2 Å². The summed E-state index contributed by atoms with van der Waals surface area (Å²) in [7, 11) is 0. The van der Waals surface area contributed by atoms with Gasteiger partial charge in [0.2, 0.25) is 0 Å². The molecule has 0 spiro atoms. The van der Waals surface area contributed by atoms with E-state index in [9.17, 15) is 2.74 Å². The number of nitrogens with zero attached hydrogens (tertiary/aromatic N) is 2. The Hall–Kier alpha value is -6.64. The molecule has 1 aliphatic carbocycles. The summed E-state index contributed by atoms with van der Waals surface area (Å²) in [5, 5.41) is 1.13. The van der Waals surface area contributed by atoms with E-state index in [2.05, 4.69) is 13.8 Å². The van der Waals surface area contributed by atoms with Crippen LogP contribution in [0.4, 0.5) is 34.1 Å². The third-order valence-corrected chi connectivity index (χ3v) is 10.2. The van der Waals surface area contributed by atoms with Crippen LogP contribution in [0.15, 0.2) is 194 Å². The monoisotopic (exact) mass is 692 g/mol. The average Bonchev–Trinajstić information content (AvgIpc) is 3.56. The third-order valence-electron chi connectivity index (χ3n) is 10.2. The molecule has 0 radical (unpaired) electrons. The van der Waals surface area contributed by atoms with Crippen molar-refractivity contribution in [3.8, 4) is 11.1 Å². The van der Waals surface area contributed by atoms with Gasteiger partial charge in [-0.15, -0.1) is 0 Å². The summed E-state index contributed by atoms with van der Waals surface area (Å²) < 4.78 is 124. The predicted molar refractivity (Wildman–Crippen MR) is 226 cm³/mol. The Morgan fingerprint density at radius 3 is 1.58 bits per heavy atom. The van der Waals surface area contributed by atoms with Gasteiger partial charge in [-0.3, -0.25) is 0 Å². The highest BCUT2D eigenvalue weighted by molar-refractivity contribution is 6.12. The number of para-hydroxylation sites is 2. The van der Waals surface area contributed by atoms with Gasteiger partial charge in [-0.1, -0.05) is 153 Å². The molecule has 10 rings (SSSR count). The molecule has 0 N–H and O–H groups in total. The van der Waals surface area contributed by atoms with Crippen LogP contribution in [0.1, 0.15) is 44.2 Å². The van der Waals surface area contributed by atoms with Crippen molar-refractivity contribution in [2.75, 3.05) is 9.80 Å². The zero-order chi connectivity index (χ0) is 47.7. The normalized spacial score (nSPS) is 16.6. The van der Waals surface area contributed by atoms with E-state index in [1.807, 2.05) is 84.9 Å². The quantitative estimate of drug-likeness (QED) is 0.171. The maximum Gasteiger partial charge on any atom is 0.0645 e. The second-order valence-corrected chi connectivity index (χ2v) is 13.5. The van der Waals surface area contributed by atoms with Crippen LogP contribution in [0.2, 0.25) is 0 Å². The van der Waals surface area contributed by atoms with Crippen molar-refractivity contribution >= 4 is 66.4 Å². The van der Waals surface area contributed by atoms with Gasteiger partial charge in [-0.05, 0) is 93.0 Å². The van der Waals surface area contributed by atoms with Gasteiger partial charge in [0.15, 0.2) is 0 Å². The van der Waals surface area contributed by atoms with Gasteiger partial charge in [0, 0.05) is 38.6 Å². The summed E-state index contributed by atoms with van der Waals surface area (Å²) in [6, 6.07) is 27.1. The summed E-state index contributed by atoms with van der Waals surface area (Å²) in [6.07, 6.45) is 0. The van der Waals surface area contributed by atoms with E-state index in [1.54, 1.807) is 34.1 Å². The van der Waals surface area contributed by atoms with Crippen molar-refractivity contribution in [3.05, 3.63) is 205 Å².